The Morgan fingerprint density at radius 2 is 2.11 bits per heavy atom. The second-order valence-electron chi connectivity index (χ2n) is 4.89. The maximum Gasteiger partial charge on any atom is 0.269 e. The molecule has 0 spiro atoms. The van der Waals surface area contributed by atoms with E-state index in [1.54, 1.807) is 12.1 Å². The van der Waals surface area contributed by atoms with Gasteiger partial charge in [0.25, 0.3) is 5.69 Å². The van der Waals surface area contributed by atoms with Gasteiger partial charge in [-0.1, -0.05) is 0 Å². The lowest BCUT2D eigenvalue weighted by molar-refractivity contribution is -0.384. The molecule has 0 saturated carbocycles. The molecule has 0 aliphatic carbocycles. The third kappa shape index (κ3) is 4.33. The Balaban J connectivity index is 2.64. The van der Waals surface area contributed by atoms with Crippen molar-refractivity contribution in [2.75, 3.05) is 26.0 Å². The minimum atomic E-state index is -0.369. The van der Waals surface area contributed by atoms with Crippen molar-refractivity contribution in [1.29, 1.82) is 0 Å². The first kappa shape index (κ1) is 14.4. The van der Waals surface area contributed by atoms with Crippen molar-refractivity contribution in [2.45, 2.75) is 26.3 Å². The first-order chi connectivity index (χ1) is 8.40. The highest BCUT2D eigenvalue weighted by Crippen LogP contribution is 2.22. The Bertz CT molecular complexity index is 419. The Kier molecular flexibility index (Phi) is 5.09. The average Bonchev–Trinajstić information content (AvgIpc) is 2.29. The lowest BCUT2D eigenvalue weighted by Crippen LogP contribution is -2.23. The summed E-state index contributed by atoms with van der Waals surface area (Å²) in [7, 11) is 4.09. The fraction of sp³-hybridized carbons (Fsp3) is 0.538. The minimum absolute atomic E-state index is 0.138. The van der Waals surface area contributed by atoms with Crippen LogP contribution in [0.5, 0.6) is 0 Å². The summed E-state index contributed by atoms with van der Waals surface area (Å²) in [6, 6.07) is 5.25. The summed E-state index contributed by atoms with van der Waals surface area (Å²) in [5.74, 6) is 0. The highest BCUT2D eigenvalue weighted by molar-refractivity contribution is 5.55. The predicted molar refractivity (Wildman–Crippen MR) is 74.1 cm³/mol. The Morgan fingerprint density at radius 3 is 2.61 bits per heavy atom. The molecule has 0 heterocycles. The molecule has 0 amide bonds. The smallest absolute Gasteiger partial charge is 0.269 e. The summed E-state index contributed by atoms with van der Waals surface area (Å²) in [5, 5.41) is 14.0. The molecule has 0 fully saturated rings. The van der Waals surface area contributed by atoms with Gasteiger partial charge in [-0.25, -0.2) is 0 Å². The lowest BCUT2D eigenvalue weighted by Gasteiger charge is -2.19. The van der Waals surface area contributed by atoms with Gasteiger partial charge in [-0.15, -0.1) is 0 Å². The summed E-state index contributed by atoms with van der Waals surface area (Å²) in [5.41, 5.74) is 2.01. The van der Waals surface area contributed by atoms with Crippen molar-refractivity contribution >= 4 is 11.4 Å². The zero-order valence-electron chi connectivity index (χ0n) is 11.4. The summed E-state index contributed by atoms with van der Waals surface area (Å²) in [4.78, 5) is 12.4. The van der Waals surface area contributed by atoms with Crippen molar-refractivity contribution in [3.05, 3.63) is 33.9 Å². The number of anilines is 1. The number of benzene rings is 1. The molecule has 18 heavy (non-hydrogen) atoms. The van der Waals surface area contributed by atoms with Crippen LogP contribution in [0.3, 0.4) is 0 Å². The normalized spacial score (nSPS) is 12.5. The molecule has 0 saturated heterocycles. The third-order valence-electron chi connectivity index (χ3n) is 2.83. The molecule has 5 heteroatoms. The van der Waals surface area contributed by atoms with E-state index in [0.29, 0.717) is 6.04 Å². The fourth-order valence-electron chi connectivity index (χ4n) is 1.71. The van der Waals surface area contributed by atoms with Crippen LogP contribution in [0.1, 0.15) is 18.9 Å². The molecule has 0 radical (unpaired) electrons. The van der Waals surface area contributed by atoms with Crippen LogP contribution in [0, 0.1) is 17.0 Å². The highest BCUT2D eigenvalue weighted by atomic mass is 16.6. The highest BCUT2D eigenvalue weighted by Gasteiger charge is 2.09. The van der Waals surface area contributed by atoms with Crippen molar-refractivity contribution < 1.29 is 4.92 Å². The summed E-state index contributed by atoms with van der Waals surface area (Å²) in [6.45, 7) is 5.01. The van der Waals surface area contributed by atoms with Crippen LogP contribution >= 0.6 is 0 Å². The average molecular weight is 251 g/mol. The maximum absolute atomic E-state index is 10.6. The molecule has 5 nitrogen and oxygen atoms in total. The fourth-order valence-corrected chi connectivity index (χ4v) is 1.71. The number of nitro benzene ring substituents is 1. The van der Waals surface area contributed by atoms with E-state index in [9.17, 15) is 10.1 Å². The van der Waals surface area contributed by atoms with Gasteiger partial charge in [0, 0.05) is 23.9 Å². The lowest BCUT2D eigenvalue weighted by atomic mass is 10.1. The number of nitro groups is 1. The van der Waals surface area contributed by atoms with Gasteiger partial charge in [0.1, 0.15) is 0 Å². The summed E-state index contributed by atoms with van der Waals surface area (Å²) in [6.07, 6.45) is 1.03. The number of non-ortho nitro benzene ring substituents is 1. The maximum atomic E-state index is 10.6. The van der Waals surface area contributed by atoms with E-state index in [1.807, 2.05) is 21.0 Å². The van der Waals surface area contributed by atoms with Gasteiger partial charge in [0.15, 0.2) is 0 Å². The number of aryl methyl sites for hydroxylation is 1. The van der Waals surface area contributed by atoms with Gasteiger partial charge < -0.3 is 10.2 Å². The van der Waals surface area contributed by atoms with Gasteiger partial charge >= 0.3 is 0 Å². The Hall–Kier alpha value is -1.62. The minimum Gasteiger partial charge on any atom is -0.382 e. The molecule has 1 aromatic carbocycles. The van der Waals surface area contributed by atoms with Crippen molar-refractivity contribution in [3.8, 4) is 0 Å². The van der Waals surface area contributed by atoms with Crippen molar-refractivity contribution in [1.82, 2.24) is 4.90 Å². The topological polar surface area (TPSA) is 58.4 Å². The molecular weight excluding hydrogens is 230 g/mol. The van der Waals surface area contributed by atoms with Crippen LogP contribution in [0.15, 0.2) is 18.2 Å². The zero-order valence-corrected chi connectivity index (χ0v) is 11.4. The number of rotatable bonds is 6. The number of hydrogen-bond acceptors (Lipinski definition) is 4. The standard InChI is InChI=1S/C13H21N3O2/c1-10-9-12(16(17)18)5-6-13(10)14-11(2)7-8-15(3)4/h5-6,9,11,14H,7-8H2,1-4H3. The van der Waals surface area contributed by atoms with Crippen molar-refractivity contribution in [3.63, 3.8) is 0 Å². The van der Waals surface area contributed by atoms with Crippen LogP contribution in [0.2, 0.25) is 0 Å². The van der Waals surface area contributed by atoms with Gasteiger partial charge in [-0.2, -0.15) is 0 Å². The molecule has 0 aliphatic heterocycles. The van der Waals surface area contributed by atoms with E-state index in [0.717, 1.165) is 24.2 Å². The summed E-state index contributed by atoms with van der Waals surface area (Å²) >= 11 is 0. The van der Waals surface area contributed by atoms with Gasteiger partial charge in [-0.05, 0) is 52.5 Å². The largest absolute Gasteiger partial charge is 0.382 e. The molecule has 0 aromatic heterocycles. The van der Waals surface area contributed by atoms with E-state index in [1.165, 1.54) is 6.07 Å². The molecule has 1 N–H and O–H groups in total. The number of nitrogens with one attached hydrogen (secondary N) is 1. The first-order valence-electron chi connectivity index (χ1n) is 6.06. The first-order valence-corrected chi connectivity index (χ1v) is 6.06. The van der Waals surface area contributed by atoms with E-state index in [2.05, 4.69) is 17.1 Å². The number of hydrogen-bond donors (Lipinski definition) is 1. The third-order valence-corrected chi connectivity index (χ3v) is 2.83. The molecule has 1 aromatic rings. The second-order valence-corrected chi connectivity index (χ2v) is 4.89. The second kappa shape index (κ2) is 6.35. The Labute approximate surface area is 108 Å². The van der Waals surface area contributed by atoms with Crippen LogP contribution in [0.4, 0.5) is 11.4 Å². The van der Waals surface area contributed by atoms with E-state index < -0.39 is 0 Å². The van der Waals surface area contributed by atoms with Gasteiger partial charge in [0.05, 0.1) is 4.92 Å². The van der Waals surface area contributed by atoms with Crippen LogP contribution in [0.25, 0.3) is 0 Å². The van der Waals surface area contributed by atoms with Crippen LogP contribution < -0.4 is 5.32 Å². The van der Waals surface area contributed by atoms with E-state index >= 15 is 0 Å². The molecule has 100 valence electrons. The van der Waals surface area contributed by atoms with E-state index in [-0.39, 0.29) is 10.6 Å². The molecule has 1 atom stereocenters. The summed E-state index contributed by atoms with van der Waals surface area (Å²) < 4.78 is 0. The quantitative estimate of drug-likeness (QED) is 0.623. The van der Waals surface area contributed by atoms with Crippen molar-refractivity contribution in [2.24, 2.45) is 0 Å². The monoisotopic (exact) mass is 251 g/mol. The van der Waals surface area contributed by atoms with Crippen LogP contribution in [-0.2, 0) is 0 Å². The van der Waals surface area contributed by atoms with Crippen LogP contribution in [-0.4, -0.2) is 36.5 Å². The molecule has 0 aliphatic rings. The SMILES string of the molecule is Cc1cc([N+](=O)[O-])ccc1NC(C)CCN(C)C. The van der Waals surface area contributed by atoms with Gasteiger partial charge in [-0.3, -0.25) is 10.1 Å². The molecular formula is C13H21N3O2. The Morgan fingerprint density at radius 1 is 1.44 bits per heavy atom. The predicted octanol–water partition coefficient (Wildman–Crippen LogP) is 2.66. The molecule has 1 rings (SSSR count). The molecule has 1 unspecified atom stereocenters. The van der Waals surface area contributed by atoms with E-state index in [4.69, 9.17) is 0 Å². The number of nitrogens with zero attached hydrogens (tertiary/aromatic N) is 2. The van der Waals surface area contributed by atoms with Gasteiger partial charge in [0.2, 0.25) is 0 Å². The molecule has 0 bridgehead atoms. The zero-order chi connectivity index (χ0) is 13.7.